The van der Waals surface area contributed by atoms with Crippen molar-refractivity contribution in [3.05, 3.63) is 40.9 Å². The number of nitrogens with one attached hydrogen (secondary N) is 1. The van der Waals surface area contributed by atoms with Crippen molar-refractivity contribution in [2.45, 2.75) is 0 Å². The number of alkyl halides is 1. The first-order valence-corrected chi connectivity index (χ1v) is 5.36. The number of hydrogen-bond acceptors (Lipinski definition) is 1. The van der Waals surface area contributed by atoms with Gasteiger partial charge in [-0.2, -0.15) is 0 Å². The van der Waals surface area contributed by atoms with Crippen LogP contribution in [0.15, 0.2) is 40.9 Å². The highest BCUT2D eigenvalue weighted by Crippen LogP contribution is 2.15. The number of halogens is 2. The summed E-state index contributed by atoms with van der Waals surface area (Å²) >= 11 is 8.89. The number of allylic oxidation sites excluding steroid dienone is 1. The van der Waals surface area contributed by atoms with E-state index in [1.54, 1.807) is 0 Å². The third-order valence-corrected chi connectivity index (χ3v) is 2.18. The quantitative estimate of drug-likeness (QED) is 0.643. The highest BCUT2D eigenvalue weighted by molar-refractivity contribution is 9.10. The summed E-state index contributed by atoms with van der Waals surface area (Å²) in [6.45, 7) is 0.809. The van der Waals surface area contributed by atoms with Crippen LogP contribution >= 0.6 is 27.5 Å². The van der Waals surface area contributed by atoms with Crippen molar-refractivity contribution in [1.82, 2.24) is 0 Å². The van der Waals surface area contributed by atoms with Crippen LogP contribution in [0.4, 0.5) is 5.69 Å². The molecular weight excluding hydrogens is 249 g/mol. The molecule has 0 atom stereocenters. The Hall–Kier alpha value is -0.470. The summed E-state index contributed by atoms with van der Waals surface area (Å²) in [7, 11) is 0. The van der Waals surface area contributed by atoms with Gasteiger partial charge < -0.3 is 5.32 Å². The first-order valence-electron chi connectivity index (χ1n) is 4.03. The Kier molecular flexibility index (Phi) is 4.94. The van der Waals surface area contributed by atoms with Gasteiger partial charge in [0.2, 0.25) is 0 Å². The zero-order chi connectivity index (χ0) is 9.52. The first-order chi connectivity index (χ1) is 6.33. The van der Waals surface area contributed by atoms with Crippen molar-refractivity contribution < 1.29 is 0 Å². The van der Waals surface area contributed by atoms with Crippen LogP contribution in [0.3, 0.4) is 0 Å². The Labute approximate surface area is 91.9 Å². The molecule has 70 valence electrons. The van der Waals surface area contributed by atoms with E-state index < -0.39 is 0 Å². The van der Waals surface area contributed by atoms with Gasteiger partial charge in [-0.3, -0.25) is 0 Å². The second-order valence-electron chi connectivity index (χ2n) is 2.52. The summed E-state index contributed by atoms with van der Waals surface area (Å²) in [5, 5.41) is 3.24. The molecule has 0 aliphatic rings. The van der Waals surface area contributed by atoms with Gasteiger partial charge in [0, 0.05) is 22.6 Å². The van der Waals surface area contributed by atoms with Crippen LogP contribution in [0, 0.1) is 0 Å². The number of hydrogen-bond donors (Lipinski definition) is 1. The molecule has 1 aromatic rings. The highest BCUT2D eigenvalue weighted by atomic mass is 79.9. The van der Waals surface area contributed by atoms with Gasteiger partial charge in [-0.05, 0) is 18.2 Å². The molecule has 0 radical (unpaired) electrons. The molecule has 0 fully saturated rings. The van der Waals surface area contributed by atoms with Gasteiger partial charge >= 0.3 is 0 Å². The van der Waals surface area contributed by atoms with Crippen molar-refractivity contribution in [3.8, 4) is 0 Å². The number of rotatable bonds is 4. The van der Waals surface area contributed by atoms with Crippen LogP contribution < -0.4 is 5.32 Å². The second kappa shape index (κ2) is 6.06. The molecule has 0 aromatic heterocycles. The van der Waals surface area contributed by atoms with Crippen molar-refractivity contribution in [2.75, 3.05) is 17.7 Å². The predicted octanol–water partition coefficient (Wildman–Crippen LogP) is 3.66. The lowest BCUT2D eigenvalue weighted by Crippen LogP contribution is -1.97. The fourth-order valence-corrected chi connectivity index (χ4v) is 1.45. The van der Waals surface area contributed by atoms with Crippen molar-refractivity contribution in [1.29, 1.82) is 0 Å². The van der Waals surface area contributed by atoms with Crippen molar-refractivity contribution >= 4 is 33.2 Å². The molecule has 0 aliphatic carbocycles. The summed E-state index contributed by atoms with van der Waals surface area (Å²) in [6.07, 6.45) is 3.93. The second-order valence-corrected chi connectivity index (χ2v) is 3.74. The van der Waals surface area contributed by atoms with E-state index in [1.165, 1.54) is 0 Å². The molecule has 1 nitrogen and oxygen atoms in total. The van der Waals surface area contributed by atoms with Crippen LogP contribution in [0.25, 0.3) is 0 Å². The molecule has 0 unspecified atom stereocenters. The zero-order valence-corrected chi connectivity index (χ0v) is 9.48. The predicted molar refractivity (Wildman–Crippen MR) is 62.5 cm³/mol. The fourth-order valence-electron chi connectivity index (χ4n) is 0.922. The topological polar surface area (TPSA) is 12.0 Å². The Morgan fingerprint density at radius 3 is 2.92 bits per heavy atom. The molecule has 3 heteroatoms. The minimum absolute atomic E-state index is 0.570. The summed E-state index contributed by atoms with van der Waals surface area (Å²) in [4.78, 5) is 0. The lowest BCUT2D eigenvalue weighted by molar-refractivity contribution is 1.32. The molecular formula is C10H11BrClN. The maximum Gasteiger partial charge on any atom is 0.0404 e. The Morgan fingerprint density at radius 2 is 2.23 bits per heavy atom. The summed E-state index contributed by atoms with van der Waals surface area (Å²) in [5.41, 5.74) is 1.11. The van der Waals surface area contributed by atoms with Crippen molar-refractivity contribution in [3.63, 3.8) is 0 Å². The van der Waals surface area contributed by atoms with Crippen LogP contribution in [0.5, 0.6) is 0 Å². The SMILES string of the molecule is ClC/C=C/CNc1cccc(Br)c1. The molecule has 0 saturated heterocycles. The van der Waals surface area contributed by atoms with E-state index in [0.29, 0.717) is 5.88 Å². The average molecular weight is 261 g/mol. The van der Waals surface area contributed by atoms with Gasteiger partial charge in [0.25, 0.3) is 0 Å². The van der Waals surface area contributed by atoms with Crippen LogP contribution in [-0.2, 0) is 0 Å². The smallest absolute Gasteiger partial charge is 0.0404 e. The molecule has 0 amide bonds. The lowest BCUT2D eigenvalue weighted by atomic mass is 10.3. The largest absolute Gasteiger partial charge is 0.382 e. The molecule has 0 aliphatic heterocycles. The number of anilines is 1. The maximum absolute atomic E-state index is 5.49. The van der Waals surface area contributed by atoms with E-state index in [4.69, 9.17) is 11.6 Å². The Bertz CT molecular complexity index is 286. The van der Waals surface area contributed by atoms with E-state index in [-0.39, 0.29) is 0 Å². The van der Waals surface area contributed by atoms with E-state index in [0.717, 1.165) is 16.7 Å². The molecule has 1 N–H and O–H groups in total. The molecule has 13 heavy (non-hydrogen) atoms. The molecule has 0 heterocycles. The van der Waals surface area contributed by atoms with E-state index >= 15 is 0 Å². The normalized spacial score (nSPS) is 10.6. The highest BCUT2D eigenvalue weighted by Gasteiger charge is 1.89. The van der Waals surface area contributed by atoms with Crippen LogP contribution in [-0.4, -0.2) is 12.4 Å². The average Bonchev–Trinajstić information content (AvgIpc) is 2.13. The molecule has 1 rings (SSSR count). The van der Waals surface area contributed by atoms with Gasteiger partial charge in [0.15, 0.2) is 0 Å². The molecule has 0 saturated carbocycles. The molecule has 0 spiro atoms. The molecule has 0 bridgehead atoms. The first kappa shape index (κ1) is 10.6. The Morgan fingerprint density at radius 1 is 1.38 bits per heavy atom. The summed E-state index contributed by atoms with van der Waals surface area (Å²) in [6, 6.07) is 8.06. The minimum atomic E-state index is 0.570. The monoisotopic (exact) mass is 259 g/mol. The number of benzene rings is 1. The lowest BCUT2D eigenvalue weighted by Gasteiger charge is -2.02. The summed E-state index contributed by atoms with van der Waals surface area (Å²) in [5.74, 6) is 0.570. The standard InChI is InChI=1S/C10H11BrClN/c11-9-4-3-5-10(8-9)13-7-2-1-6-12/h1-5,8,13H,6-7H2/b2-1+. The van der Waals surface area contributed by atoms with E-state index in [9.17, 15) is 0 Å². The third kappa shape index (κ3) is 4.34. The third-order valence-electron chi connectivity index (χ3n) is 1.50. The maximum atomic E-state index is 5.49. The van der Waals surface area contributed by atoms with E-state index in [1.807, 2.05) is 36.4 Å². The molecule has 1 aromatic carbocycles. The van der Waals surface area contributed by atoms with Crippen molar-refractivity contribution in [2.24, 2.45) is 0 Å². The Balaban J connectivity index is 2.41. The van der Waals surface area contributed by atoms with Gasteiger partial charge in [-0.15, -0.1) is 11.6 Å². The van der Waals surface area contributed by atoms with Gasteiger partial charge in [0.1, 0.15) is 0 Å². The van der Waals surface area contributed by atoms with Gasteiger partial charge in [-0.1, -0.05) is 34.1 Å². The minimum Gasteiger partial charge on any atom is -0.382 e. The van der Waals surface area contributed by atoms with E-state index in [2.05, 4.69) is 21.2 Å². The van der Waals surface area contributed by atoms with Crippen LogP contribution in [0.1, 0.15) is 0 Å². The van der Waals surface area contributed by atoms with Gasteiger partial charge in [0.05, 0.1) is 0 Å². The van der Waals surface area contributed by atoms with Gasteiger partial charge in [-0.25, -0.2) is 0 Å². The summed E-state index contributed by atoms with van der Waals surface area (Å²) < 4.78 is 1.08. The zero-order valence-electron chi connectivity index (χ0n) is 7.13. The van der Waals surface area contributed by atoms with Crippen LogP contribution in [0.2, 0.25) is 0 Å². The fraction of sp³-hybridized carbons (Fsp3) is 0.200.